The number of hydrogen-bond acceptors (Lipinski definition) is 4. The molecule has 0 aromatic carbocycles. The van der Waals surface area contributed by atoms with E-state index in [1.165, 1.54) is 30.9 Å². The summed E-state index contributed by atoms with van der Waals surface area (Å²) in [5, 5.41) is 7.03. The minimum atomic E-state index is 0.701. The maximum Gasteiger partial charge on any atom is 0.0940 e. The van der Waals surface area contributed by atoms with Crippen LogP contribution in [-0.4, -0.2) is 42.1 Å². The van der Waals surface area contributed by atoms with Crippen LogP contribution in [0.5, 0.6) is 0 Å². The van der Waals surface area contributed by atoms with Crippen LogP contribution in [0.1, 0.15) is 30.5 Å². The molecule has 1 unspecified atom stereocenters. The topological polar surface area (TPSA) is 28.2 Å². The molecule has 0 bridgehead atoms. The first-order valence-electron chi connectivity index (χ1n) is 6.64. The number of aryl methyl sites for hydroxylation is 1. The highest BCUT2D eigenvalue weighted by Gasteiger charge is 2.18. The van der Waals surface area contributed by atoms with Gasteiger partial charge in [0.25, 0.3) is 0 Å². The van der Waals surface area contributed by atoms with E-state index in [1.807, 2.05) is 0 Å². The van der Waals surface area contributed by atoms with Crippen LogP contribution in [0, 0.1) is 6.92 Å². The lowest BCUT2D eigenvalue weighted by Crippen LogP contribution is -2.50. The third-order valence-corrected chi connectivity index (χ3v) is 4.31. The highest BCUT2D eigenvalue weighted by Crippen LogP contribution is 2.11. The molecule has 1 aromatic heterocycles. The van der Waals surface area contributed by atoms with Gasteiger partial charge in [-0.25, -0.2) is 4.98 Å². The van der Waals surface area contributed by atoms with Crippen molar-refractivity contribution in [3.05, 3.63) is 16.1 Å². The summed E-state index contributed by atoms with van der Waals surface area (Å²) in [5.74, 6) is 0. The van der Waals surface area contributed by atoms with Gasteiger partial charge in [0.05, 0.1) is 5.01 Å². The summed E-state index contributed by atoms with van der Waals surface area (Å²) in [6.45, 7) is 9.03. The van der Waals surface area contributed by atoms with Gasteiger partial charge in [-0.05, 0) is 13.3 Å². The Kier molecular flexibility index (Phi) is 4.95. The molecule has 4 heteroatoms. The van der Waals surface area contributed by atoms with Crippen molar-refractivity contribution in [3.8, 4) is 0 Å². The van der Waals surface area contributed by atoms with Crippen molar-refractivity contribution in [2.45, 2.75) is 39.2 Å². The van der Waals surface area contributed by atoms with Crippen LogP contribution in [0.15, 0.2) is 5.38 Å². The maximum atomic E-state index is 4.53. The zero-order valence-electron chi connectivity index (χ0n) is 10.9. The molecule has 96 valence electrons. The molecule has 2 heterocycles. The van der Waals surface area contributed by atoms with Crippen LogP contribution in [0.2, 0.25) is 0 Å². The second-order valence-corrected chi connectivity index (χ2v) is 5.82. The molecule has 0 spiro atoms. The maximum absolute atomic E-state index is 4.53. The first kappa shape index (κ1) is 13.0. The van der Waals surface area contributed by atoms with Crippen LogP contribution in [0.25, 0.3) is 0 Å². The van der Waals surface area contributed by atoms with Crippen molar-refractivity contribution >= 4 is 11.3 Å². The zero-order chi connectivity index (χ0) is 12.1. The van der Waals surface area contributed by atoms with Gasteiger partial charge in [0.15, 0.2) is 0 Å². The van der Waals surface area contributed by atoms with Gasteiger partial charge in [-0.1, -0.05) is 13.3 Å². The molecule has 0 amide bonds. The fourth-order valence-electron chi connectivity index (χ4n) is 2.41. The molecule has 1 aromatic rings. The smallest absolute Gasteiger partial charge is 0.0940 e. The van der Waals surface area contributed by atoms with E-state index in [1.54, 1.807) is 11.3 Å². The first-order chi connectivity index (χ1) is 8.28. The Morgan fingerprint density at radius 1 is 1.59 bits per heavy atom. The number of thiazole rings is 1. The summed E-state index contributed by atoms with van der Waals surface area (Å²) in [4.78, 5) is 7.10. The summed E-state index contributed by atoms with van der Waals surface area (Å²) in [7, 11) is 0. The van der Waals surface area contributed by atoms with E-state index in [-0.39, 0.29) is 0 Å². The molecule has 0 aliphatic carbocycles. The second kappa shape index (κ2) is 6.47. The fourth-order valence-corrected chi connectivity index (χ4v) is 3.18. The lowest BCUT2D eigenvalue weighted by molar-refractivity contribution is 0.196. The van der Waals surface area contributed by atoms with Crippen LogP contribution < -0.4 is 5.32 Å². The molecular weight excluding hydrogens is 230 g/mol. The van der Waals surface area contributed by atoms with Crippen LogP contribution in [0.3, 0.4) is 0 Å². The molecule has 17 heavy (non-hydrogen) atoms. The number of hydrogen-bond donors (Lipinski definition) is 1. The third-order valence-electron chi connectivity index (χ3n) is 3.29. The molecule has 1 aliphatic heterocycles. The molecule has 1 saturated heterocycles. The Morgan fingerprint density at radius 2 is 2.47 bits per heavy atom. The van der Waals surface area contributed by atoms with Crippen molar-refractivity contribution < 1.29 is 0 Å². The number of aromatic nitrogens is 1. The molecule has 3 nitrogen and oxygen atoms in total. The van der Waals surface area contributed by atoms with Gasteiger partial charge in [0.1, 0.15) is 0 Å². The van der Waals surface area contributed by atoms with Gasteiger partial charge >= 0.3 is 0 Å². The molecule has 1 fully saturated rings. The summed E-state index contributed by atoms with van der Waals surface area (Å²) in [6.07, 6.45) is 3.68. The van der Waals surface area contributed by atoms with Crippen molar-refractivity contribution in [2.24, 2.45) is 0 Å². The minimum absolute atomic E-state index is 0.701. The Hall–Kier alpha value is -0.450. The predicted molar refractivity (Wildman–Crippen MR) is 73.7 cm³/mol. The van der Waals surface area contributed by atoms with Crippen molar-refractivity contribution in [2.75, 3.05) is 26.2 Å². The number of nitrogens with zero attached hydrogens (tertiary/aromatic N) is 2. The van der Waals surface area contributed by atoms with E-state index in [4.69, 9.17) is 0 Å². The van der Waals surface area contributed by atoms with Crippen LogP contribution in [-0.2, 0) is 6.42 Å². The Balaban J connectivity index is 1.75. The predicted octanol–water partition coefficient (Wildman–Crippen LogP) is 2.07. The standard InChI is InChI=1S/C13H23N3S/c1-3-4-12-9-16(8-6-14-12)7-5-13-15-11(2)10-17-13/h10,12,14H,3-9H2,1-2H3. The average molecular weight is 253 g/mol. The van der Waals surface area contributed by atoms with Crippen LogP contribution >= 0.6 is 11.3 Å². The second-order valence-electron chi connectivity index (χ2n) is 4.87. The summed E-state index contributed by atoms with van der Waals surface area (Å²) in [6, 6.07) is 0.701. The summed E-state index contributed by atoms with van der Waals surface area (Å²) >= 11 is 1.80. The number of rotatable bonds is 5. The molecule has 1 aliphatic rings. The SMILES string of the molecule is CCCC1CN(CCc2nc(C)cs2)CCN1. The van der Waals surface area contributed by atoms with E-state index in [0.29, 0.717) is 6.04 Å². The van der Waals surface area contributed by atoms with Gasteiger partial charge in [-0.3, -0.25) is 0 Å². The molecule has 1 atom stereocenters. The van der Waals surface area contributed by atoms with Crippen molar-refractivity contribution in [1.82, 2.24) is 15.2 Å². The number of nitrogens with one attached hydrogen (secondary N) is 1. The third kappa shape index (κ3) is 4.05. The normalized spacial score (nSPS) is 21.9. The quantitative estimate of drug-likeness (QED) is 0.871. The van der Waals surface area contributed by atoms with Gasteiger partial charge < -0.3 is 10.2 Å². The first-order valence-corrected chi connectivity index (χ1v) is 7.52. The largest absolute Gasteiger partial charge is 0.311 e. The van der Waals surface area contributed by atoms with Gasteiger partial charge in [-0.15, -0.1) is 11.3 Å². The Labute approximate surface area is 108 Å². The Morgan fingerprint density at radius 3 is 3.18 bits per heavy atom. The Bertz CT molecular complexity index is 335. The highest BCUT2D eigenvalue weighted by molar-refractivity contribution is 7.09. The highest BCUT2D eigenvalue weighted by atomic mass is 32.1. The van der Waals surface area contributed by atoms with Gasteiger partial charge in [0.2, 0.25) is 0 Å². The van der Waals surface area contributed by atoms with E-state index in [2.05, 4.69) is 34.4 Å². The average Bonchev–Trinajstić information content (AvgIpc) is 2.74. The van der Waals surface area contributed by atoms with Crippen LogP contribution in [0.4, 0.5) is 0 Å². The zero-order valence-corrected chi connectivity index (χ0v) is 11.7. The lowest BCUT2D eigenvalue weighted by atomic mass is 10.1. The summed E-state index contributed by atoms with van der Waals surface area (Å²) < 4.78 is 0. The van der Waals surface area contributed by atoms with Crippen molar-refractivity contribution in [1.29, 1.82) is 0 Å². The van der Waals surface area contributed by atoms with Crippen molar-refractivity contribution in [3.63, 3.8) is 0 Å². The molecule has 0 saturated carbocycles. The van der Waals surface area contributed by atoms with E-state index < -0.39 is 0 Å². The van der Waals surface area contributed by atoms with E-state index in [0.717, 1.165) is 25.2 Å². The van der Waals surface area contributed by atoms with E-state index >= 15 is 0 Å². The molecule has 0 radical (unpaired) electrons. The van der Waals surface area contributed by atoms with Gasteiger partial charge in [0, 0.05) is 49.7 Å². The lowest BCUT2D eigenvalue weighted by Gasteiger charge is -2.33. The minimum Gasteiger partial charge on any atom is -0.311 e. The molecular formula is C13H23N3S. The molecule has 2 rings (SSSR count). The number of piperazine rings is 1. The summed E-state index contributed by atoms with van der Waals surface area (Å²) in [5.41, 5.74) is 1.16. The monoisotopic (exact) mass is 253 g/mol. The fraction of sp³-hybridized carbons (Fsp3) is 0.769. The molecule has 1 N–H and O–H groups in total. The van der Waals surface area contributed by atoms with Gasteiger partial charge in [-0.2, -0.15) is 0 Å². The van der Waals surface area contributed by atoms with E-state index in [9.17, 15) is 0 Å².